The number of anilines is 1. The molecule has 3 aromatic rings. The van der Waals surface area contributed by atoms with E-state index >= 15 is 9.59 Å². The van der Waals surface area contributed by atoms with Gasteiger partial charge in [0.2, 0.25) is 11.8 Å². The lowest BCUT2D eigenvalue weighted by molar-refractivity contribution is -0.154. The third-order valence-corrected chi connectivity index (χ3v) is 11.1. The number of hydrogen-bond acceptors (Lipinski definition) is 5. The average molecular weight is 664 g/mol. The molecule has 2 bridgehead atoms. The minimum absolute atomic E-state index is 0.116. The van der Waals surface area contributed by atoms with Crippen LogP contribution in [0.4, 0.5) is 5.69 Å². The van der Waals surface area contributed by atoms with Crippen molar-refractivity contribution in [3.63, 3.8) is 0 Å². The smallest absolute Gasteiger partial charge is 0.253 e. The van der Waals surface area contributed by atoms with Crippen molar-refractivity contribution in [3.05, 3.63) is 104 Å². The molecule has 3 unspecified atom stereocenters. The Bertz CT molecular complexity index is 1740. The van der Waals surface area contributed by atoms with Gasteiger partial charge in [-0.05, 0) is 60.1 Å². The van der Waals surface area contributed by atoms with Crippen molar-refractivity contribution in [3.8, 4) is 0 Å². The van der Waals surface area contributed by atoms with Crippen molar-refractivity contribution < 1.29 is 24.2 Å². The first-order chi connectivity index (χ1) is 23.5. The maximum atomic E-state index is 15.2. The highest BCUT2D eigenvalue weighted by Crippen LogP contribution is 2.66. The van der Waals surface area contributed by atoms with E-state index in [0.717, 1.165) is 16.3 Å². The van der Waals surface area contributed by atoms with E-state index < -0.39 is 35.1 Å². The topological polar surface area (TPSA) is 90.4 Å². The predicted molar refractivity (Wildman–Crippen MR) is 192 cm³/mol. The van der Waals surface area contributed by atoms with Crippen LogP contribution in [-0.2, 0) is 25.7 Å². The number of carbonyl (C=O) groups is 3. The van der Waals surface area contributed by atoms with Gasteiger partial charge in [-0.2, -0.15) is 0 Å². The predicted octanol–water partition coefficient (Wildman–Crippen LogP) is 5.99. The molecule has 3 amide bonds. The van der Waals surface area contributed by atoms with Gasteiger partial charge in [0.15, 0.2) is 0 Å². The first kappa shape index (κ1) is 34.6. The number of nitrogens with zero attached hydrogens (tertiary/aromatic N) is 3. The molecule has 1 spiro atoms. The molecule has 0 radical (unpaired) electrons. The zero-order valence-electron chi connectivity index (χ0n) is 29.1. The summed E-state index contributed by atoms with van der Waals surface area (Å²) in [5.74, 6) is -2.47. The lowest BCUT2D eigenvalue weighted by atomic mass is 9.62. The molecule has 3 heterocycles. The van der Waals surface area contributed by atoms with Gasteiger partial charge in [0.05, 0.1) is 30.1 Å². The minimum atomic E-state index is -1.25. The van der Waals surface area contributed by atoms with E-state index in [1.807, 2.05) is 93.6 Å². The van der Waals surface area contributed by atoms with E-state index in [1.54, 1.807) is 26.9 Å². The molecule has 3 saturated heterocycles. The van der Waals surface area contributed by atoms with Crippen LogP contribution < -0.4 is 4.90 Å². The summed E-state index contributed by atoms with van der Waals surface area (Å²) in [7, 11) is 0. The second-order valence-corrected chi connectivity index (χ2v) is 14.7. The van der Waals surface area contributed by atoms with E-state index in [0.29, 0.717) is 31.6 Å². The van der Waals surface area contributed by atoms with Gasteiger partial charge in [0.1, 0.15) is 11.6 Å². The number of ether oxygens (including phenoxy) is 1. The molecule has 8 heteroatoms. The van der Waals surface area contributed by atoms with Crippen LogP contribution in [0, 0.1) is 23.7 Å². The summed E-state index contributed by atoms with van der Waals surface area (Å²) < 4.78 is 7.07. The van der Waals surface area contributed by atoms with Gasteiger partial charge in [-0.1, -0.05) is 93.6 Å². The average Bonchev–Trinajstić information content (AvgIpc) is 3.61. The van der Waals surface area contributed by atoms with E-state index in [4.69, 9.17) is 4.74 Å². The Hall–Kier alpha value is -4.27. The molecule has 0 aromatic heterocycles. The van der Waals surface area contributed by atoms with Gasteiger partial charge in [-0.15, -0.1) is 13.2 Å². The second-order valence-electron chi connectivity index (χ2n) is 14.7. The first-order valence-corrected chi connectivity index (χ1v) is 17.5. The fourth-order valence-electron chi connectivity index (χ4n) is 8.88. The summed E-state index contributed by atoms with van der Waals surface area (Å²) in [6.07, 6.45) is 4.32. The fourth-order valence-corrected chi connectivity index (χ4v) is 8.88. The van der Waals surface area contributed by atoms with Crippen molar-refractivity contribution >= 4 is 34.2 Å². The number of carbonyl (C=O) groups excluding carboxylic acids is 3. The van der Waals surface area contributed by atoms with E-state index in [9.17, 15) is 9.90 Å². The number of fused-ring (bicyclic) bond motifs is 2. The molecular formula is C41H49N3O5. The van der Waals surface area contributed by atoms with Crippen molar-refractivity contribution in [1.82, 2.24) is 9.80 Å². The third kappa shape index (κ3) is 5.79. The Morgan fingerprint density at radius 1 is 1.00 bits per heavy atom. The molecular weight excluding hydrogens is 614 g/mol. The number of rotatable bonds is 13. The van der Waals surface area contributed by atoms with Crippen molar-refractivity contribution in [2.75, 3.05) is 24.6 Å². The SMILES string of the molecule is C=CCN(Cc1ccccc1)C(=O)[C@H]1[C@H]2C(=O)N([C@@H](CO)CC(C)C)C(C(=O)N(CC=C)c3ccc4ccccc4c3)C23CC(C)[C@]1(C)O3. The first-order valence-electron chi connectivity index (χ1n) is 17.5. The van der Waals surface area contributed by atoms with E-state index in [2.05, 4.69) is 20.1 Å². The van der Waals surface area contributed by atoms with E-state index in [-0.39, 0.29) is 42.7 Å². The highest BCUT2D eigenvalue weighted by atomic mass is 16.5. The van der Waals surface area contributed by atoms with Crippen LogP contribution in [0.15, 0.2) is 98.1 Å². The Morgan fingerprint density at radius 2 is 1.67 bits per heavy atom. The zero-order chi connectivity index (χ0) is 35.1. The van der Waals surface area contributed by atoms with Gasteiger partial charge in [0, 0.05) is 25.3 Å². The number of amides is 3. The van der Waals surface area contributed by atoms with E-state index in [1.165, 1.54) is 0 Å². The molecule has 1 N–H and O–H groups in total. The Labute approximate surface area is 290 Å². The number of benzene rings is 3. The molecule has 3 aliphatic rings. The molecule has 7 atom stereocenters. The van der Waals surface area contributed by atoms with Crippen LogP contribution in [0.25, 0.3) is 10.8 Å². The molecule has 0 aliphatic carbocycles. The van der Waals surface area contributed by atoms with Crippen molar-refractivity contribution in [2.45, 2.75) is 70.4 Å². The summed E-state index contributed by atoms with van der Waals surface area (Å²) in [4.78, 5) is 50.1. The quantitative estimate of drug-likeness (QED) is 0.227. The van der Waals surface area contributed by atoms with Crippen LogP contribution in [-0.4, -0.2) is 75.6 Å². The lowest BCUT2D eigenvalue weighted by Gasteiger charge is -2.40. The number of aliphatic hydroxyl groups is 1. The van der Waals surface area contributed by atoms with Gasteiger partial charge in [-0.3, -0.25) is 14.4 Å². The lowest BCUT2D eigenvalue weighted by Crippen LogP contribution is -2.59. The number of likely N-dealkylation sites (tertiary alicyclic amines) is 1. The summed E-state index contributed by atoms with van der Waals surface area (Å²) in [5.41, 5.74) is -0.581. The summed E-state index contributed by atoms with van der Waals surface area (Å²) in [6, 6.07) is 21.9. The van der Waals surface area contributed by atoms with Gasteiger partial charge in [0.25, 0.3) is 5.91 Å². The maximum Gasteiger partial charge on any atom is 0.253 e. The summed E-state index contributed by atoms with van der Waals surface area (Å²) in [5, 5.41) is 12.8. The Balaban J connectivity index is 1.47. The molecule has 8 nitrogen and oxygen atoms in total. The number of hydrogen-bond donors (Lipinski definition) is 1. The third-order valence-electron chi connectivity index (χ3n) is 11.1. The van der Waals surface area contributed by atoms with Gasteiger partial charge >= 0.3 is 0 Å². The zero-order valence-corrected chi connectivity index (χ0v) is 29.1. The standard InChI is InChI=1S/C41H49N3O5/c1-7-20-42(25-29-14-10-9-11-15-29)37(46)34-35-38(47)44(33(26-45)22-27(3)4)36(41(35)24-28(5)40(34,6)49-41)39(48)43(21-8-2)32-19-18-30-16-12-13-17-31(30)23-32/h7-19,23,27-28,33-36,45H,1-2,20-22,24-26H2,3-6H3/t28?,33-,34-,35+,36?,40+,41?/m1/s1. The fraction of sp³-hybridized carbons (Fsp3) is 0.439. The highest BCUT2D eigenvalue weighted by Gasteiger charge is 2.80. The molecule has 49 heavy (non-hydrogen) atoms. The molecule has 0 saturated carbocycles. The summed E-state index contributed by atoms with van der Waals surface area (Å²) in [6.45, 7) is 16.5. The van der Waals surface area contributed by atoms with Crippen LogP contribution in [0.3, 0.4) is 0 Å². The minimum Gasteiger partial charge on any atom is -0.394 e. The Kier molecular flexibility index (Phi) is 9.57. The molecule has 3 fully saturated rings. The van der Waals surface area contributed by atoms with Crippen molar-refractivity contribution in [2.24, 2.45) is 23.7 Å². The van der Waals surface area contributed by atoms with Crippen LogP contribution in [0.1, 0.15) is 46.1 Å². The van der Waals surface area contributed by atoms with Crippen LogP contribution in [0.2, 0.25) is 0 Å². The maximum absolute atomic E-state index is 15.2. The molecule has 3 aliphatic heterocycles. The Morgan fingerprint density at radius 3 is 2.33 bits per heavy atom. The second kappa shape index (κ2) is 13.6. The number of aliphatic hydroxyl groups excluding tert-OH is 1. The van der Waals surface area contributed by atoms with Crippen molar-refractivity contribution in [1.29, 1.82) is 0 Å². The van der Waals surface area contributed by atoms with Crippen LogP contribution >= 0.6 is 0 Å². The van der Waals surface area contributed by atoms with Crippen LogP contribution in [0.5, 0.6) is 0 Å². The normalized spacial score (nSPS) is 27.7. The summed E-state index contributed by atoms with van der Waals surface area (Å²) >= 11 is 0. The largest absolute Gasteiger partial charge is 0.394 e. The molecule has 6 rings (SSSR count). The monoisotopic (exact) mass is 663 g/mol. The highest BCUT2D eigenvalue weighted by molar-refractivity contribution is 6.06. The molecule has 3 aromatic carbocycles. The molecule has 258 valence electrons. The van der Waals surface area contributed by atoms with Gasteiger partial charge in [-0.25, -0.2) is 0 Å². The van der Waals surface area contributed by atoms with Gasteiger partial charge < -0.3 is 24.5 Å².